The van der Waals surface area contributed by atoms with Crippen LogP contribution in [0.15, 0.2) is 18.2 Å². The van der Waals surface area contributed by atoms with E-state index in [0.29, 0.717) is 28.9 Å². The van der Waals surface area contributed by atoms with E-state index in [1.165, 1.54) is 32.4 Å². The van der Waals surface area contributed by atoms with E-state index in [-0.39, 0.29) is 0 Å². The van der Waals surface area contributed by atoms with Gasteiger partial charge in [-0.25, -0.2) is 0 Å². The molecule has 1 aromatic heterocycles. The van der Waals surface area contributed by atoms with Crippen LogP contribution >= 0.6 is 0 Å². The van der Waals surface area contributed by atoms with Crippen molar-refractivity contribution >= 4 is 5.82 Å². The minimum absolute atomic E-state index is 0.316. The molecule has 0 saturated carbocycles. The molecule has 0 unspecified atom stereocenters. The highest BCUT2D eigenvalue weighted by Gasteiger charge is 2.40. The number of piperidine rings is 1. The minimum atomic E-state index is -4.50. The number of phenolic OH excluding ortho intramolecular Hbond substituents is 1. The molecule has 0 spiro atoms. The van der Waals surface area contributed by atoms with Gasteiger partial charge in [-0.05, 0) is 75.9 Å². The summed E-state index contributed by atoms with van der Waals surface area (Å²) >= 11 is 0. The maximum absolute atomic E-state index is 13.0. The fourth-order valence-corrected chi connectivity index (χ4v) is 5.53. The number of phenols is 1. The second-order valence-corrected chi connectivity index (χ2v) is 8.66. The van der Waals surface area contributed by atoms with Gasteiger partial charge in [-0.1, -0.05) is 0 Å². The van der Waals surface area contributed by atoms with Crippen molar-refractivity contribution in [3.8, 4) is 17.0 Å². The Morgan fingerprint density at radius 2 is 1.73 bits per heavy atom. The number of aryl methyl sites for hydroxylation is 1. The first kappa shape index (κ1) is 19.6. The number of alkyl halides is 3. The van der Waals surface area contributed by atoms with Crippen LogP contribution in [0, 0.1) is 6.92 Å². The number of fused-ring (bicyclic) bond motifs is 2. The normalized spacial score (nSPS) is 24.2. The topological polar surface area (TPSA) is 52.5 Å². The maximum atomic E-state index is 13.0. The van der Waals surface area contributed by atoms with Gasteiger partial charge in [0.25, 0.3) is 0 Å². The summed E-state index contributed by atoms with van der Waals surface area (Å²) in [6, 6.07) is 4.72. The summed E-state index contributed by atoms with van der Waals surface area (Å²) < 4.78 is 39.1. The first-order valence-electron chi connectivity index (χ1n) is 10.6. The molecule has 3 aliphatic rings. The van der Waals surface area contributed by atoms with Crippen LogP contribution in [0.1, 0.15) is 42.4 Å². The SMILES string of the molecule is Cc1cc(C(F)(F)F)cc(O)c1-c1cc2c(nn1)N([C@H]1CCCN3CCC[C@H]13)CC2. The van der Waals surface area contributed by atoms with Gasteiger partial charge in [0.1, 0.15) is 5.75 Å². The Morgan fingerprint density at radius 1 is 1.00 bits per heavy atom. The van der Waals surface area contributed by atoms with Crippen LogP contribution in [0.2, 0.25) is 0 Å². The van der Waals surface area contributed by atoms with Gasteiger partial charge >= 0.3 is 6.18 Å². The molecule has 2 atom stereocenters. The molecule has 0 radical (unpaired) electrons. The average molecular weight is 418 g/mol. The largest absolute Gasteiger partial charge is 0.507 e. The van der Waals surface area contributed by atoms with Crippen LogP contribution in [0.5, 0.6) is 5.75 Å². The van der Waals surface area contributed by atoms with E-state index >= 15 is 0 Å². The molecule has 0 bridgehead atoms. The third kappa shape index (κ3) is 3.21. The smallest absolute Gasteiger partial charge is 0.416 e. The van der Waals surface area contributed by atoms with E-state index in [4.69, 9.17) is 0 Å². The summed E-state index contributed by atoms with van der Waals surface area (Å²) in [6.07, 6.45) is 1.15. The van der Waals surface area contributed by atoms with Gasteiger partial charge in [0, 0.05) is 29.8 Å². The number of nitrogens with zero attached hydrogens (tertiary/aromatic N) is 4. The van der Waals surface area contributed by atoms with Crippen molar-refractivity contribution in [3.05, 3.63) is 34.9 Å². The molecular weight excluding hydrogens is 393 g/mol. The van der Waals surface area contributed by atoms with Gasteiger partial charge in [-0.3, -0.25) is 4.90 Å². The predicted octanol–water partition coefficient (Wildman–Crippen LogP) is 4.17. The average Bonchev–Trinajstić information content (AvgIpc) is 3.33. The fraction of sp³-hybridized carbons (Fsp3) is 0.545. The first-order valence-corrected chi connectivity index (χ1v) is 10.6. The van der Waals surface area contributed by atoms with E-state index in [1.54, 1.807) is 6.92 Å². The van der Waals surface area contributed by atoms with Gasteiger partial charge in [0.15, 0.2) is 5.82 Å². The van der Waals surface area contributed by atoms with Crippen molar-refractivity contribution in [1.82, 2.24) is 15.1 Å². The molecule has 0 amide bonds. The summed E-state index contributed by atoms with van der Waals surface area (Å²) in [5.74, 6) is 0.474. The Bertz CT molecular complexity index is 954. The molecule has 5 rings (SSSR count). The van der Waals surface area contributed by atoms with Crippen LogP contribution in [-0.2, 0) is 12.6 Å². The number of hydrogen-bond acceptors (Lipinski definition) is 5. The van der Waals surface area contributed by atoms with Crippen molar-refractivity contribution in [2.75, 3.05) is 24.5 Å². The molecule has 160 valence electrons. The molecule has 2 fully saturated rings. The quantitative estimate of drug-likeness (QED) is 0.794. The predicted molar refractivity (Wildman–Crippen MR) is 108 cm³/mol. The van der Waals surface area contributed by atoms with Gasteiger partial charge in [0.05, 0.1) is 11.3 Å². The van der Waals surface area contributed by atoms with E-state index in [2.05, 4.69) is 20.0 Å². The molecule has 1 aromatic carbocycles. The van der Waals surface area contributed by atoms with Gasteiger partial charge in [0.2, 0.25) is 0 Å². The molecule has 4 heterocycles. The Balaban J connectivity index is 1.46. The maximum Gasteiger partial charge on any atom is 0.416 e. The van der Waals surface area contributed by atoms with Crippen LogP contribution in [0.25, 0.3) is 11.3 Å². The van der Waals surface area contributed by atoms with Crippen molar-refractivity contribution in [2.45, 2.75) is 57.3 Å². The lowest BCUT2D eigenvalue weighted by Crippen LogP contribution is -2.52. The molecule has 2 saturated heterocycles. The molecule has 8 heteroatoms. The molecule has 5 nitrogen and oxygen atoms in total. The zero-order chi connectivity index (χ0) is 21.0. The lowest BCUT2D eigenvalue weighted by atomic mass is 9.95. The molecule has 2 aromatic rings. The fourth-order valence-electron chi connectivity index (χ4n) is 5.53. The van der Waals surface area contributed by atoms with Crippen LogP contribution in [0.4, 0.5) is 19.0 Å². The van der Waals surface area contributed by atoms with E-state index in [0.717, 1.165) is 42.9 Å². The second kappa shape index (κ2) is 7.11. The van der Waals surface area contributed by atoms with Gasteiger partial charge in [-0.2, -0.15) is 13.2 Å². The van der Waals surface area contributed by atoms with Crippen molar-refractivity contribution in [3.63, 3.8) is 0 Å². The van der Waals surface area contributed by atoms with E-state index in [9.17, 15) is 18.3 Å². The molecule has 3 aliphatic heterocycles. The van der Waals surface area contributed by atoms with Gasteiger partial charge < -0.3 is 10.0 Å². The van der Waals surface area contributed by atoms with Crippen LogP contribution in [0.3, 0.4) is 0 Å². The number of aromatic hydroxyl groups is 1. The zero-order valence-electron chi connectivity index (χ0n) is 16.9. The van der Waals surface area contributed by atoms with Crippen molar-refractivity contribution in [1.29, 1.82) is 0 Å². The summed E-state index contributed by atoms with van der Waals surface area (Å²) in [4.78, 5) is 4.98. The molecule has 1 N–H and O–H groups in total. The standard InChI is InChI=1S/C22H25F3N4O/c1-13-10-15(22(23,24)25)12-19(30)20(13)16-11-14-6-9-29(21(14)27-26-16)18-5-3-8-28-7-2-4-17(18)28/h10-12,17-18,30H,2-9H2,1H3/t17-,18+/m1/s1. The van der Waals surface area contributed by atoms with Crippen LogP contribution < -0.4 is 4.90 Å². The summed E-state index contributed by atoms with van der Waals surface area (Å²) in [7, 11) is 0. The number of hydrogen-bond donors (Lipinski definition) is 1. The Morgan fingerprint density at radius 3 is 2.43 bits per heavy atom. The third-order valence-electron chi connectivity index (χ3n) is 6.85. The number of halogens is 3. The second-order valence-electron chi connectivity index (χ2n) is 8.66. The molecule has 0 aliphatic carbocycles. The molecular formula is C22H25F3N4O. The monoisotopic (exact) mass is 418 g/mol. The lowest BCUT2D eigenvalue weighted by Gasteiger charge is -2.42. The Kier molecular flexibility index (Phi) is 4.65. The van der Waals surface area contributed by atoms with Crippen LogP contribution in [-0.4, -0.2) is 51.9 Å². The first-order chi connectivity index (χ1) is 14.3. The highest BCUT2D eigenvalue weighted by molar-refractivity contribution is 5.73. The van der Waals surface area contributed by atoms with Gasteiger partial charge in [-0.15, -0.1) is 10.2 Å². The third-order valence-corrected chi connectivity index (χ3v) is 6.85. The number of anilines is 1. The number of aromatic nitrogens is 2. The van der Waals surface area contributed by atoms with E-state index in [1.807, 2.05) is 6.07 Å². The summed E-state index contributed by atoms with van der Waals surface area (Å²) in [5, 5.41) is 19.1. The highest BCUT2D eigenvalue weighted by Crippen LogP contribution is 2.41. The van der Waals surface area contributed by atoms with Crippen molar-refractivity contribution in [2.24, 2.45) is 0 Å². The summed E-state index contributed by atoms with van der Waals surface area (Å²) in [6.45, 7) is 4.81. The Labute approximate surface area is 173 Å². The minimum Gasteiger partial charge on any atom is -0.507 e. The highest BCUT2D eigenvalue weighted by atomic mass is 19.4. The number of rotatable bonds is 2. The zero-order valence-corrected chi connectivity index (χ0v) is 16.9. The van der Waals surface area contributed by atoms with E-state index < -0.39 is 17.5 Å². The van der Waals surface area contributed by atoms with Crippen molar-refractivity contribution < 1.29 is 18.3 Å². The molecule has 30 heavy (non-hydrogen) atoms. The summed E-state index contributed by atoms with van der Waals surface area (Å²) in [5.41, 5.74) is 1.26. The Hall–Kier alpha value is -2.35. The lowest BCUT2D eigenvalue weighted by molar-refractivity contribution is -0.137. The number of benzene rings is 1.